The summed E-state index contributed by atoms with van der Waals surface area (Å²) in [5.41, 5.74) is 0.478. The third-order valence-corrected chi connectivity index (χ3v) is 5.53. The van der Waals surface area contributed by atoms with Crippen LogP contribution < -0.4 is 20.5 Å². The highest BCUT2D eigenvalue weighted by Gasteiger charge is 2.26. The number of aryl methyl sites for hydroxylation is 1. The molecule has 1 aliphatic rings. The first-order valence-electron chi connectivity index (χ1n) is 10.4. The van der Waals surface area contributed by atoms with Gasteiger partial charge in [-0.05, 0) is 62.2 Å². The lowest BCUT2D eigenvalue weighted by Gasteiger charge is -2.32. The van der Waals surface area contributed by atoms with E-state index >= 15 is 0 Å². The van der Waals surface area contributed by atoms with Crippen LogP contribution in [-0.4, -0.2) is 35.9 Å². The second-order valence-corrected chi connectivity index (χ2v) is 7.63. The minimum absolute atomic E-state index is 0.0418. The second kappa shape index (κ2) is 9.07. The predicted octanol–water partition coefficient (Wildman–Crippen LogP) is 2.68. The van der Waals surface area contributed by atoms with E-state index in [1.165, 1.54) is 10.7 Å². The summed E-state index contributed by atoms with van der Waals surface area (Å²) < 4.78 is 12.1. The van der Waals surface area contributed by atoms with Gasteiger partial charge in [-0.1, -0.05) is 0 Å². The Morgan fingerprint density at radius 3 is 2.52 bits per heavy atom. The Labute approximate surface area is 180 Å². The molecule has 0 aliphatic carbocycles. The molecule has 3 aromatic rings. The SMILES string of the molecule is COc1ccc(-n2nc(N3CCC(C(=O)NCc4ccc(C)o4)CC3)ccc2=O)cc1. The van der Waals surface area contributed by atoms with Crippen LogP contribution in [0, 0.1) is 12.8 Å². The van der Waals surface area contributed by atoms with Gasteiger partial charge < -0.3 is 19.4 Å². The molecular weight excluding hydrogens is 396 g/mol. The number of nitrogens with one attached hydrogen (secondary N) is 1. The molecule has 0 atom stereocenters. The van der Waals surface area contributed by atoms with E-state index in [1.54, 1.807) is 37.4 Å². The molecule has 1 fully saturated rings. The lowest BCUT2D eigenvalue weighted by atomic mass is 9.96. The molecule has 1 aromatic carbocycles. The number of hydrogen-bond donors (Lipinski definition) is 1. The summed E-state index contributed by atoms with van der Waals surface area (Å²) in [4.78, 5) is 27.0. The molecular formula is C23H26N4O4. The van der Waals surface area contributed by atoms with Crippen LogP contribution in [0.15, 0.2) is 57.7 Å². The summed E-state index contributed by atoms with van der Waals surface area (Å²) in [6, 6.07) is 14.2. The maximum Gasteiger partial charge on any atom is 0.271 e. The first-order chi connectivity index (χ1) is 15.0. The first kappa shape index (κ1) is 20.7. The Bertz CT molecular complexity index is 1100. The summed E-state index contributed by atoms with van der Waals surface area (Å²) in [6.45, 7) is 3.69. The molecule has 0 radical (unpaired) electrons. The summed E-state index contributed by atoms with van der Waals surface area (Å²) in [6.07, 6.45) is 1.46. The number of furan rings is 1. The number of carbonyl (C=O) groups excluding carboxylic acids is 1. The van der Waals surface area contributed by atoms with Crippen molar-refractivity contribution >= 4 is 11.7 Å². The van der Waals surface area contributed by atoms with Crippen LogP contribution in [0.3, 0.4) is 0 Å². The van der Waals surface area contributed by atoms with Gasteiger partial charge in [0.1, 0.15) is 23.1 Å². The zero-order chi connectivity index (χ0) is 21.8. The van der Waals surface area contributed by atoms with Gasteiger partial charge in [-0.2, -0.15) is 4.68 Å². The molecule has 1 amide bonds. The number of carbonyl (C=O) groups is 1. The number of amides is 1. The number of aromatic nitrogens is 2. The molecule has 1 aliphatic heterocycles. The summed E-state index contributed by atoms with van der Waals surface area (Å²) in [5.74, 6) is 3.04. The number of nitrogens with zero attached hydrogens (tertiary/aromatic N) is 3. The first-order valence-corrected chi connectivity index (χ1v) is 10.4. The number of piperidine rings is 1. The van der Waals surface area contributed by atoms with Gasteiger partial charge in [0.15, 0.2) is 0 Å². The zero-order valence-electron chi connectivity index (χ0n) is 17.7. The van der Waals surface area contributed by atoms with E-state index < -0.39 is 0 Å². The molecule has 3 heterocycles. The second-order valence-electron chi connectivity index (χ2n) is 7.63. The Morgan fingerprint density at radius 1 is 1.13 bits per heavy atom. The lowest BCUT2D eigenvalue weighted by Crippen LogP contribution is -2.41. The number of ether oxygens (including phenoxy) is 1. The van der Waals surface area contributed by atoms with Gasteiger partial charge in [-0.15, -0.1) is 5.10 Å². The van der Waals surface area contributed by atoms with Crippen molar-refractivity contribution in [3.63, 3.8) is 0 Å². The molecule has 162 valence electrons. The maximum absolute atomic E-state index is 12.5. The van der Waals surface area contributed by atoms with Crippen LogP contribution in [-0.2, 0) is 11.3 Å². The highest BCUT2D eigenvalue weighted by molar-refractivity contribution is 5.78. The van der Waals surface area contributed by atoms with E-state index in [0.717, 1.165) is 35.9 Å². The Kier molecular flexibility index (Phi) is 6.06. The molecule has 8 heteroatoms. The highest BCUT2D eigenvalue weighted by atomic mass is 16.5. The van der Waals surface area contributed by atoms with E-state index in [2.05, 4.69) is 15.3 Å². The fourth-order valence-electron chi connectivity index (χ4n) is 3.75. The van der Waals surface area contributed by atoms with E-state index in [1.807, 2.05) is 19.1 Å². The fourth-order valence-corrected chi connectivity index (χ4v) is 3.75. The monoisotopic (exact) mass is 422 g/mol. The summed E-state index contributed by atoms with van der Waals surface area (Å²) in [5, 5.41) is 7.51. The molecule has 1 N–H and O–H groups in total. The van der Waals surface area contributed by atoms with Crippen LogP contribution in [0.1, 0.15) is 24.4 Å². The van der Waals surface area contributed by atoms with Crippen LogP contribution >= 0.6 is 0 Å². The zero-order valence-corrected chi connectivity index (χ0v) is 17.7. The van der Waals surface area contributed by atoms with Crippen LogP contribution in [0.25, 0.3) is 5.69 Å². The number of anilines is 1. The van der Waals surface area contributed by atoms with E-state index in [0.29, 0.717) is 25.3 Å². The third kappa shape index (κ3) is 4.79. The normalized spacial score (nSPS) is 14.5. The smallest absolute Gasteiger partial charge is 0.271 e. The van der Waals surface area contributed by atoms with Crippen molar-refractivity contribution in [3.05, 3.63) is 70.4 Å². The van der Waals surface area contributed by atoms with Crippen molar-refractivity contribution in [3.8, 4) is 11.4 Å². The number of methoxy groups -OCH3 is 1. The maximum atomic E-state index is 12.5. The molecule has 2 aromatic heterocycles. The largest absolute Gasteiger partial charge is 0.497 e. The van der Waals surface area contributed by atoms with E-state index in [4.69, 9.17) is 9.15 Å². The van der Waals surface area contributed by atoms with Crippen molar-refractivity contribution in [1.29, 1.82) is 0 Å². The number of rotatable bonds is 6. The van der Waals surface area contributed by atoms with Crippen LogP contribution in [0.2, 0.25) is 0 Å². The molecule has 0 bridgehead atoms. The van der Waals surface area contributed by atoms with Crippen molar-refractivity contribution in [2.24, 2.45) is 5.92 Å². The Hall–Kier alpha value is -3.55. The lowest BCUT2D eigenvalue weighted by molar-refractivity contribution is -0.125. The van der Waals surface area contributed by atoms with Gasteiger partial charge in [0, 0.05) is 25.1 Å². The van der Waals surface area contributed by atoms with Crippen molar-refractivity contribution in [2.75, 3.05) is 25.1 Å². The van der Waals surface area contributed by atoms with Gasteiger partial charge in [0.25, 0.3) is 5.56 Å². The van der Waals surface area contributed by atoms with Gasteiger partial charge in [-0.3, -0.25) is 9.59 Å². The van der Waals surface area contributed by atoms with Gasteiger partial charge in [0.05, 0.1) is 19.3 Å². The minimum atomic E-state index is -0.198. The van der Waals surface area contributed by atoms with E-state index in [-0.39, 0.29) is 17.4 Å². The van der Waals surface area contributed by atoms with Gasteiger partial charge in [0.2, 0.25) is 5.91 Å². The Balaban J connectivity index is 1.38. The summed E-state index contributed by atoms with van der Waals surface area (Å²) in [7, 11) is 1.60. The molecule has 0 spiro atoms. The van der Waals surface area contributed by atoms with Gasteiger partial charge in [-0.25, -0.2) is 0 Å². The number of benzene rings is 1. The molecule has 0 unspecified atom stereocenters. The predicted molar refractivity (Wildman–Crippen MR) is 117 cm³/mol. The van der Waals surface area contributed by atoms with E-state index in [9.17, 15) is 9.59 Å². The standard InChI is InChI=1S/C23H26N4O4/c1-16-3-6-20(31-16)15-24-23(29)17-11-13-26(14-12-17)21-9-10-22(28)27(25-21)18-4-7-19(30-2)8-5-18/h3-10,17H,11-15H2,1-2H3,(H,24,29). The third-order valence-electron chi connectivity index (χ3n) is 5.53. The fraction of sp³-hybridized carbons (Fsp3) is 0.348. The average molecular weight is 422 g/mol. The Morgan fingerprint density at radius 2 is 1.87 bits per heavy atom. The minimum Gasteiger partial charge on any atom is -0.497 e. The van der Waals surface area contributed by atoms with Crippen molar-refractivity contribution < 1.29 is 13.9 Å². The van der Waals surface area contributed by atoms with Crippen LogP contribution in [0.5, 0.6) is 5.75 Å². The van der Waals surface area contributed by atoms with Crippen LogP contribution in [0.4, 0.5) is 5.82 Å². The molecule has 4 rings (SSSR count). The highest BCUT2D eigenvalue weighted by Crippen LogP contribution is 2.22. The molecule has 31 heavy (non-hydrogen) atoms. The quantitative estimate of drug-likeness (QED) is 0.657. The molecule has 0 saturated carbocycles. The number of hydrogen-bond acceptors (Lipinski definition) is 6. The topological polar surface area (TPSA) is 89.6 Å². The molecule has 1 saturated heterocycles. The van der Waals surface area contributed by atoms with Gasteiger partial charge >= 0.3 is 0 Å². The van der Waals surface area contributed by atoms with Crippen molar-refractivity contribution in [1.82, 2.24) is 15.1 Å². The van der Waals surface area contributed by atoms with Crippen molar-refractivity contribution in [2.45, 2.75) is 26.3 Å². The molecule has 8 nitrogen and oxygen atoms in total. The summed E-state index contributed by atoms with van der Waals surface area (Å²) >= 11 is 0. The average Bonchev–Trinajstić information content (AvgIpc) is 3.23.